The number of nitrogens with zero attached hydrogens (tertiary/aromatic N) is 2. The second-order valence-electron chi connectivity index (χ2n) is 4.96. The molecule has 0 amide bonds. The van der Waals surface area contributed by atoms with Crippen molar-refractivity contribution in [2.75, 3.05) is 10.6 Å². The molecule has 3 rings (SSSR count). The lowest BCUT2D eigenvalue weighted by Crippen LogP contribution is -2.06. The molecule has 0 atom stereocenters. The van der Waals surface area contributed by atoms with Crippen LogP contribution in [0.1, 0.15) is 5.56 Å². The smallest absolute Gasteiger partial charge is 0.224 e. The van der Waals surface area contributed by atoms with Gasteiger partial charge in [-0.3, -0.25) is 0 Å². The summed E-state index contributed by atoms with van der Waals surface area (Å²) in [4.78, 5) is 8.45. The lowest BCUT2D eigenvalue weighted by atomic mass is 10.2. The topological polar surface area (TPSA) is 49.8 Å². The predicted octanol–water partition coefficient (Wildman–Crippen LogP) is 5.28. The molecule has 3 aromatic rings. The van der Waals surface area contributed by atoms with Crippen LogP contribution in [-0.2, 0) is 6.54 Å². The van der Waals surface area contributed by atoms with Crippen molar-refractivity contribution in [3.05, 3.63) is 76.2 Å². The highest BCUT2D eigenvalue weighted by molar-refractivity contribution is 6.36. The lowest BCUT2D eigenvalue weighted by molar-refractivity contribution is 0.612. The fourth-order valence-electron chi connectivity index (χ4n) is 2.06. The van der Waals surface area contributed by atoms with E-state index in [1.807, 2.05) is 0 Å². The van der Waals surface area contributed by atoms with E-state index >= 15 is 0 Å². The van der Waals surface area contributed by atoms with Crippen LogP contribution in [0.25, 0.3) is 0 Å². The first kappa shape index (κ1) is 16.5. The molecule has 24 heavy (non-hydrogen) atoms. The van der Waals surface area contributed by atoms with Crippen LogP contribution >= 0.6 is 23.2 Å². The number of aromatic nitrogens is 2. The van der Waals surface area contributed by atoms with Gasteiger partial charge in [-0.15, -0.1) is 0 Å². The van der Waals surface area contributed by atoms with Crippen molar-refractivity contribution in [2.24, 2.45) is 0 Å². The Balaban J connectivity index is 1.71. The maximum atomic E-state index is 13.6. The summed E-state index contributed by atoms with van der Waals surface area (Å²) < 4.78 is 13.6. The molecule has 2 aromatic carbocycles. The van der Waals surface area contributed by atoms with E-state index in [0.29, 0.717) is 33.1 Å². The van der Waals surface area contributed by atoms with Gasteiger partial charge in [0.2, 0.25) is 5.95 Å². The zero-order valence-electron chi connectivity index (χ0n) is 12.4. The molecular weight excluding hydrogens is 350 g/mol. The number of rotatable bonds is 5. The maximum absolute atomic E-state index is 13.6. The molecule has 0 saturated heterocycles. The van der Waals surface area contributed by atoms with Crippen molar-refractivity contribution >= 4 is 40.7 Å². The molecule has 7 heteroatoms. The Bertz CT molecular complexity index is 857. The Hall–Kier alpha value is -2.37. The maximum Gasteiger partial charge on any atom is 0.224 e. The molecule has 0 unspecified atom stereocenters. The number of anilines is 3. The predicted molar refractivity (Wildman–Crippen MR) is 95.5 cm³/mol. The van der Waals surface area contributed by atoms with E-state index in [9.17, 15) is 4.39 Å². The minimum atomic E-state index is -0.271. The van der Waals surface area contributed by atoms with Gasteiger partial charge in [-0.1, -0.05) is 41.4 Å². The summed E-state index contributed by atoms with van der Waals surface area (Å²) in [7, 11) is 0. The number of nitrogens with one attached hydrogen (secondary N) is 2. The van der Waals surface area contributed by atoms with Crippen LogP contribution < -0.4 is 10.6 Å². The largest absolute Gasteiger partial charge is 0.350 e. The molecule has 1 heterocycles. The third kappa shape index (κ3) is 4.13. The summed E-state index contributed by atoms with van der Waals surface area (Å²) in [6.07, 6.45) is 1.60. The third-order valence-electron chi connectivity index (χ3n) is 3.24. The van der Waals surface area contributed by atoms with Gasteiger partial charge in [0.25, 0.3) is 0 Å². The number of benzene rings is 2. The normalized spacial score (nSPS) is 10.5. The molecule has 0 bridgehead atoms. The standard InChI is InChI=1S/C17H13Cl2FN4/c18-12-5-6-15(13(19)9-12)23-16-7-8-21-17(24-16)22-10-11-3-1-2-4-14(11)20/h1-9H,10H2,(H2,21,22,23,24). The average molecular weight is 363 g/mol. The molecule has 2 N–H and O–H groups in total. The van der Waals surface area contributed by atoms with Gasteiger partial charge in [0.1, 0.15) is 11.6 Å². The summed E-state index contributed by atoms with van der Waals surface area (Å²) in [5.74, 6) is 0.672. The summed E-state index contributed by atoms with van der Waals surface area (Å²) in [6.45, 7) is 0.290. The van der Waals surface area contributed by atoms with Crippen molar-refractivity contribution < 1.29 is 4.39 Å². The summed E-state index contributed by atoms with van der Waals surface area (Å²) in [5.41, 5.74) is 1.22. The van der Waals surface area contributed by atoms with E-state index in [1.54, 1.807) is 48.7 Å². The molecule has 0 aliphatic heterocycles. The van der Waals surface area contributed by atoms with E-state index in [1.165, 1.54) is 6.07 Å². The monoisotopic (exact) mass is 362 g/mol. The van der Waals surface area contributed by atoms with Crippen molar-refractivity contribution in [1.82, 2.24) is 9.97 Å². The first-order valence-electron chi connectivity index (χ1n) is 7.14. The van der Waals surface area contributed by atoms with Crippen LogP contribution in [0.5, 0.6) is 0 Å². The van der Waals surface area contributed by atoms with Gasteiger partial charge >= 0.3 is 0 Å². The van der Waals surface area contributed by atoms with Crippen molar-refractivity contribution in [1.29, 1.82) is 0 Å². The minimum absolute atomic E-state index is 0.271. The van der Waals surface area contributed by atoms with Crippen molar-refractivity contribution in [3.63, 3.8) is 0 Å². The van der Waals surface area contributed by atoms with Crippen LogP contribution in [0.15, 0.2) is 54.7 Å². The molecular formula is C17H13Cl2FN4. The molecule has 4 nitrogen and oxygen atoms in total. The zero-order valence-corrected chi connectivity index (χ0v) is 13.9. The highest BCUT2D eigenvalue weighted by Crippen LogP contribution is 2.27. The molecule has 0 aliphatic carbocycles. The second-order valence-corrected chi connectivity index (χ2v) is 5.80. The van der Waals surface area contributed by atoms with Gasteiger partial charge in [-0.2, -0.15) is 4.98 Å². The molecule has 1 aromatic heterocycles. The molecule has 0 radical (unpaired) electrons. The van der Waals surface area contributed by atoms with E-state index in [-0.39, 0.29) is 12.4 Å². The SMILES string of the molecule is Fc1ccccc1CNc1nccc(Nc2ccc(Cl)cc2Cl)n1. The number of hydrogen-bond acceptors (Lipinski definition) is 4. The fourth-order valence-corrected chi connectivity index (χ4v) is 2.51. The highest BCUT2D eigenvalue weighted by Gasteiger charge is 2.05. The lowest BCUT2D eigenvalue weighted by Gasteiger charge is -2.10. The van der Waals surface area contributed by atoms with Crippen molar-refractivity contribution in [2.45, 2.75) is 6.54 Å². The van der Waals surface area contributed by atoms with Crippen molar-refractivity contribution in [3.8, 4) is 0 Å². The highest BCUT2D eigenvalue weighted by atomic mass is 35.5. The van der Waals surface area contributed by atoms with Crippen LogP contribution in [0, 0.1) is 5.82 Å². The Labute approximate surface area is 148 Å². The second kappa shape index (κ2) is 7.47. The Morgan fingerprint density at radius 2 is 1.88 bits per heavy atom. The van der Waals surface area contributed by atoms with Gasteiger partial charge < -0.3 is 10.6 Å². The molecule has 0 aliphatic rings. The average Bonchev–Trinajstić information content (AvgIpc) is 2.57. The zero-order chi connectivity index (χ0) is 16.9. The van der Waals surface area contributed by atoms with E-state index in [2.05, 4.69) is 20.6 Å². The van der Waals surface area contributed by atoms with Gasteiger partial charge in [-0.25, -0.2) is 9.37 Å². The van der Waals surface area contributed by atoms with E-state index < -0.39 is 0 Å². The first-order valence-corrected chi connectivity index (χ1v) is 7.90. The van der Waals surface area contributed by atoms with Crippen LogP contribution in [0.4, 0.5) is 21.8 Å². The summed E-state index contributed by atoms with van der Waals surface area (Å²) >= 11 is 12.0. The van der Waals surface area contributed by atoms with E-state index in [4.69, 9.17) is 23.2 Å². The first-order chi connectivity index (χ1) is 11.6. The van der Waals surface area contributed by atoms with Crippen LogP contribution in [0.2, 0.25) is 10.0 Å². The number of halogens is 3. The van der Waals surface area contributed by atoms with Gasteiger partial charge in [-0.05, 0) is 30.3 Å². The van der Waals surface area contributed by atoms with Gasteiger partial charge in [0.05, 0.1) is 10.7 Å². The van der Waals surface area contributed by atoms with Crippen LogP contribution in [-0.4, -0.2) is 9.97 Å². The Morgan fingerprint density at radius 1 is 1.04 bits per heavy atom. The molecule has 0 spiro atoms. The molecule has 122 valence electrons. The van der Waals surface area contributed by atoms with Crippen LogP contribution in [0.3, 0.4) is 0 Å². The Kier molecular flexibility index (Phi) is 5.13. The minimum Gasteiger partial charge on any atom is -0.350 e. The summed E-state index contributed by atoms with van der Waals surface area (Å²) in [6, 6.07) is 13.4. The number of hydrogen-bond donors (Lipinski definition) is 2. The Morgan fingerprint density at radius 3 is 2.67 bits per heavy atom. The molecule has 0 saturated carbocycles. The quantitative estimate of drug-likeness (QED) is 0.648. The van der Waals surface area contributed by atoms with Gasteiger partial charge in [0, 0.05) is 23.3 Å². The fraction of sp³-hybridized carbons (Fsp3) is 0.0588. The third-order valence-corrected chi connectivity index (χ3v) is 3.79. The van der Waals surface area contributed by atoms with Gasteiger partial charge in [0.15, 0.2) is 0 Å². The van der Waals surface area contributed by atoms with E-state index in [0.717, 1.165) is 0 Å². The molecule has 0 fully saturated rings. The summed E-state index contributed by atoms with van der Waals surface area (Å²) in [5, 5.41) is 7.13.